The van der Waals surface area contributed by atoms with Crippen LogP contribution in [0.1, 0.15) is 36.1 Å². The normalized spacial score (nSPS) is 13.9. The van der Waals surface area contributed by atoms with E-state index in [1.165, 1.54) is 32.8 Å². The molecule has 0 saturated heterocycles. The van der Waals surface area contributed by atoms with Crippen LogP contribution in [0, 0.1) is 18.3 Å². The number of para-hydroxylation sites is 2. The smallest absolute Gasteiger partial charge is 0.102 e. The predicted molar refractivity (Wildman–Crippen MR) is 155 cm³/mol. The van der Waals surface area contributed by atoms with E-state index in [1.807, 2.05) is 6.07 Å². The van der Waals surface area contributed by atoms with E-state index >= 15 is 0 Å². The lowest BCUT2D eigenvalue weighted by Gasteiger charge is -2.42. The number of hydrogen-bond donors (Lipinski definition) is 0. The average molecular weight is 475 g/mol. The molecule has 7 rings (SSSR count). The van der Waals surface area contributed by atoms with E-state index in [0.717, 1.165) is 33.2 Å². The lowest BCUT2D eigenvalue weighted by Crippen LogP contribution is -2.31. The van der Waals surface area contributed by atoms with Crippen molar-refractivity contribution in [2.45, 2.75) is 26.2 Å². The highest BCUT2D eigenvalue weighted by Crippen LogP contribution is 2.55. The van der Waals surface area contributed by atoms with Gasteiger partial charge in [-0.05, 0) is 63.4 Å². The lowest BCUT2D eigenvalue weighted by molar-refractivity contribution is 0.632. The fourth-order valence-electron chi connectivity index (χ4n) is 6.50. The highest BCUT2D eigenvalue weighted by atomic mass is 15.2. The van der Waals surface area contributed by atoms with Gasteiger partial charge in [0.1, 0.15) is 6.07 Å². The molecule has 1 aliphatic heterocycles. The van der Waals surface area contributed by atoms with Gasteiger partial charge in [0, 0.05) is 16.2 Å². The minimum Gasteiger partial charge on any atom is -0.308 e. The molecule has 0 bridgehead atoms. The summed E-state index contributed by atoms with van der Waals surface area (Å²) in [4.78, 5) is 2.34. The molecule has 37 heavy (non-hydrogen) atoms. The van der Waals surface area contributed by atoms with E-state index in [0.29, 0.717) is 5.56 Å². The first kappa shape index (κ1) is 21.7. The van der Waals surface area contributed by atoms with Crippen molar-refractivity contribution in [3.8, 4) is 6.07 Å². The number of benzene rings is 6. The summed E-state index contributed by atoms with van der Waals surface area (Å²) in [7, 11) is 0. The predicted octanol–water partition coefficient (Wildman–Crippen LogP) is 9.44. The molecule has 6 aromatic carbocycles. The Morgan fingerprint density at radius 3 is 1.84 bits per heavy atom. The molecule has 176 valence electrons. The molecule has 0 amide bonds. The number of fused-ring (bicyclic) bond motifs is 6. The standard InChI is InChI=1S/C35H26N2/c1-22-24-13-5-4-12-23(24)20-27-33(22)26-15-7-6-14-25(26)28(21-36)34(27)37-31-18-10-8-16-29(31)35(2,3)30-17-9-11-19-32(30)37/h4-20H,1-3H3. The molecule has 0 radical (unpaired) electrons. The summed E-state index contributed by atoms with van der Waals surface area (Å²) in [5.41, 5.74) is 7.53. The number of nitrogens with zero attached hydrogens (tertiary/aromatic N) is 2. The van der Waals surface area contributed by atoms with Crippen molar-refractivity contribution in [3.63, 3.8) is 0 Å². The molecule has 0 aliphatic carbocycles. The Balaban J connectivity index is 1.74. The number of anilines is 3. The monoisotopic (exact) mass is 474 g/mol. The minimum atomic E-state index is -0.161. The van der Waals surface area contributed by atoms with Gasteiger partial charge in [0.15, 0.2) is 0 Å². The second-order valence-corrected chi connectivity index (χ2v) is 10.5. The second-order valence-electron chi connectivity index (χ2n) is 10.5. The van der Waals surface area contributed by atoms with E-state index in [-0.39, 0.29) is 5.41 Å². The third-order valence-corrected chi connectivity index (χ3v) is 8.24. The van der Waals surface area contributed by atoms with Crippen molar-refractivity contribution in [1.82, 2.24) is 0 Å². The van der Waals surface area contributed by atoms with Gasteiger partial charge in [0.2, 0.25) is 0 Å². The van der Waals surface area contributed by atoms with Crippen LogP contribution in [0.25, 0.3) is 32.3 Å². The Labute approximate surface area is 217 Å². The number of nitriles is 1. The molecule has 0 aromatic heterocycles. The van der Waals surface area contributed by atoms with Crippen molar-refractivity contribution in [3.05, 3.63) is 125 Å². The molecule has 0 atom stereocenters. The Hall–Kier alpha value is -4.61. The fourth-order valence-corrected chi connectivity index (χ4v) is 6.50. The molecule has 0 fully saturated rings. The molecule has 2 nitrogen and oxygen atoms in total. The molecule has 2 heteroatoms. The fraction of sp³-hybridized carbons (Fsp3) is 0.114. The van der Waals surface area contributed by atoms with Gasteiger partial charge < -0.3 is 4.90 Å². The van der Waals surface area contributed by atoms with Crippen molar-refractivity contribution in [1.29, 1.82) is 5.26 Å². The first-order valence-electron chi connectivity index (χ1n) is 12.8. The van der Waals surface area contributed by atoms with Crippen LogP contribution in [0.3, 0.4) is 0 Å². The van der Waals surface area contributed by atoms with Crippen LogP contribution in [-0.2, 0) is 5.41 Å². The molecule has 1 aliphatic rings. The molecule has 1 heterocycles. The van der Waals surface area contributed by atoms with Gasteiger partial charge in [-0.3, -0.25) is 0 Å². The number of rotatable bonds is 1. The van der Waals surface area contributed by atoms with Crippen LogP contribution in [0.2, 0.25) is 0 Å². The summed E-state index contributed by atoms with van der Waals surface area (Å²) < 4.78 is 0. The largest absolute Gasteiger partial charge is 0.308 e. The first-order chi connectivity index (χ1) is 18.0. The van der Waals surface area contributed by atoms with Crippen LogP contribution in [-0.4, -0.2) is 0 Å². The van der Waals surface area contributed by atoms with Crippen LogP contribution in [0.4, 0.5) is 17.1 Å². The highest BCUT2D eigenvalue weighted by Gasteiger charge is 2.38. The minimum absolute atomic E-state index is 0.161. The van der Waals surface area contributed by atoms with E-state index in [2.05, 4.69) is 129 Å². The molecule has 6 aromatic rings. The van der Waals surface area contributed by atoms with E-state index in [4.69, 9.17) is 0 Å². The van der Waals surface area contributed by atoms with Gasteiger partial charge in [-0.1, -0.05) is 98.8 Å². The second kappa shape index (κ2) is 7.69. The van der Waals surface area contributed by atoms with Crippen molar-refractivity contribution < 1.29 is 0 Å². The van der Waals surface area contributed by atoms with Crippen molar-refractivity contribution >= 4 is 49.4 Å². The maximum atomic E-state index is 10.7. The van der Waals surface area contributed by atoms with Gasteiger partial charge in [0.05, 0.1) is 22.6 Å². The SMILES string of the molecule is Cc1c2ccccc2cc2c(N3c4ccccc4C(C)(C)c4ccccc43)c(C#N)c3ccccc3c12. The zero-order chi connectivity index (χ0) is 25.3. The van der Waals surface area contributed by atoms with Crippen LogP contribution < -0.4 is 4.90 Å². The number of hydrogen-bond acceptors (Lipinski definition) is 2. The average Bonchev–Trinajstić information content (AvgIpc) is 2.93. The van der Waals surface area contributed by atoms with Gasteiger partial charge in [0.25, 0.3) is 0 Å². The summed E-state index contributed by atoms with van der Waals surface area (Å²) in [5, 5.41) is 17.6. The maximum Gasteiger partial charge on any atom is 0.102 e. The maximum absolute atomic E-state index is 10.7. The van der Waals surface area contributed by atoms with Crippen LogP contribution in [0.15, 0.2) is 103 Å². The molecule has 0 spiro atoms. The third kappa shape index (κ3) is 2.86. The van der Waals surface area contributed by atoms with Gasteiger partial charge in [-0.25, -0.2) is 0 Å². The van der Waals surface area contributed by atoms with Crippen molar-refractivity contribution in [2.24, 2.45) is 0 Å². The Morgan fingerprint density at radius 2 is 1.19 bits per heavy atom. The van der Waals surface area contributed by atoms with Gasteiger partial charge in [-0.2, -0.15) is 5.26 Å². The molecular formula is C35H26N2. The zero-order valence-corrected chi connectivity index (χ0v) is 21.2. The number of aryl methyl sites for hydroxylation is 1. The quantitative estimate of drug-likeness (QED) is 0.175. The third-order valence-electron chi connectivity index (χ3n) is 8.24. The summed E-state index contributed by atoms with van der Waals surface area (Å²) in [5.74, 6) is 0. The van der Waals surface area contributed by atoms with E-state index in [1.54, 1.807) is 0 Å². The van der Waals surface area contributed by atoms with Gasteiger partial charge in [-0.15, -0.1) is 0 Å². The zero-order valence-electron chi connectivity index (χ0n) is 21.2. The van der Waals surface area contributed by atoms with Crippen LogP contribution in [0.5, 0.6) is 0 Å². The van der Waals surface area contributed by atoms with Gasteiger partial charge >= 0.3 is 0 Å². The van der Waals surface area contributed by atoms with Crippen molar-refractivity contribution in [2.75, 3.05) is 4.90 Å². The molecule has 0 unspecified atom stereocenters. The molecule has 0 N–H and O–H groups in total. The Morgan fingerprint density at radius 1 is 0.649 bits per heavy atom. The highest BCUT2D eigenvalue weighted by molar-refractivity contribution is 6.22. The lowest BCUT2D eigenvalue weighted by atomic mass is 9.73. The van der Waals surface area contributed by atoms with Crippen LogP contribution >= 0.6 is 0 Å². The summed E-state index contributed by atoms with van der Waals surface area (Å²) in [6.45, 7) is 6.81. The summed E-state index contributed by atoms with van der Waals surface area (Å²) >= 11 is 0. The Bertz CT molecular complexity index is 1890. The molecule has 0 saturated carbocycles. The first-order valence-corrected chi connectivity index (χ1v) is 12.8. The van der Waals surface area contributed by atoms with E-state index < -0.39 is 0 Å². The Kier molecular flexibility index (Phi) is 4.50. The van der Waals surface area contributed by atoms with E-state index in [9.17, 15) is 5.26 Å². The molecular weight excluding hydrogens is 448 g/mol. The topological polar surface area (TPSA) is 27.0 Å². The summed E-state index contributed by atoms with van der Waals surface area (Å²) in [6, 6.07) is 39.2. The summed E-state index contributed by atoms with van der Waals surface area (Å²) in [6.07, 6.45) is 0.